The maximum Gasteiger partial charge on any atom is 0.258 e. The Kier molecular flexibility index (Phi) is 5.35. The third-order valence-electron chi connectivity index (χ3n) is 5.63. The Balaban J connectivity index is 1.33. The van der Waals surface area contributed by atoms with E-state index >= 15 is 0 Å². The number of hydrogen-bond acceptors (Lipinski definition) is 9. The monoisotopic (exact) mass is 477 g/mol. The van der Waals surface area contributed by atoms with Crippen LogP contribution in [-0.4, -0.2) is 46.2 Å². The lowest BCUT2D eigenvalue weighted by atomic mass is 9.87. The SMILES string of the molecule is CC(=O)c1coc(-c2cnc3[nH]ccc3c2N[C@H]2C[C@H](NS(=O)(=O)c3cc(C#N)ccn3)C2)n1. The maximum absolute atomic E-state index is 12.6. The van der Waals surface area contributed by atoms with Crippen molar-refractivity contribution in [1.82, 2.24) is 24.7 Å². The minimum Gasteiger partial charge on any atom is -0.444 e. The smallest absolute Gasteiger partial charge is 0.258 e. The van der Waals surface area contributed by atoms with Gasteiger partial charge in [0.2, 0.25) is 5.89 Å². The largest absolute Gasteiger partial charge is 0.444 e. The van der Waals surface area contributed by atoms with Gasteiger partial charge in [-0.05, 0) is 31.0 Å². The molecule has 0 bridgehead atoms. The van der Waals surface area contributed by atoms with Crippen LogP contribution in [0.3, 0.4) is 0 Å². The number of hydrogen-bond donors (Lipinski definition) is 3. The first-order valence-corrected chi connectivity index (χ1v) is 11.9. The average Bonchev–Trinajstić information content (AvgIpc) is 3.47. The topological polar surface area (TPSA) is 167 Å². The van der Waals surface area contributed by atoms with Crippen LogP contribution in [0, 0.1) is 11.3 Å². The molecule has 0 radical (unpaired) electrons. The number of anilines is 1. The van der Waals surface area contributed by atoms with E-state index in [1.807, 2.05) is 12.1 Å². The van der Waals surface area contributed by atoms with Crippen LogP contribution in [0.1, 0.15) is 35.8 Å². The summed E-state index contributed by atoms with van der Waals surface area (Å²) in [6.07, 6.45) is 7.06. The summed E-state index contributed by atoms with van der Waals surface area (Å²) in [6.45, 7) is 1.41. The number of fused-ring (bicyclic) bond motifs is 1. The summed E-state index contributed by atoms with van der Waals surface area (Å²) in [6, 6.07) is 6.17. The molecule has 34 heavy (non-hydrogen) atoms. The Morgan fingerprint density at radius 3 is 2.82 bits per heavy atom. The summed E-state index contributed by atoms with van der Waals surface area (Å²) in [4.78, 5) is 27.2. The number of pyridine rings is 2. The number of oxazole rings is 1. The minimum absolute atomic E-state index is 0.0207. The molecule has 1 saturated carbocycles. The summed E-state index contributed by atoms with van der Waals surface area (Å²) < 4.78 is 33.4. The van der Waals surface area contributed by atoms with E-state index in [1.165, 1.54) is 31.5 Å². The van der Waals surface area contributed by atoms with Crippen molar-refractivity contribution in [2.45, 2.75) is 36.9 Å². The minimum atomic E-state index is -3.84. The van der Waals surface area contributed by atoms with E-state index in [0.29, 0.717) is 24.1 Å². The summed E-state index contributed by atoms with van der Waals surface area (Å²) in [5.74, 6) is 0.0624. The van der Waals surface area contributed by atoms with Crippen LogP contribution in [0.2, 0.25) is 0 Å². The molecule has 1 fully saturated rings. The molecule has 172 valence electrons. The standard InChI is InChI=1S/C22H19N7O4S/c1-12(30)18-11-33-22(28-18)17-10-26-21-16(3-5-25-21)20(17)27-14-7-15(8-14)29-34(31,32)19-6-13(9-23)2-4-24-19/h2-6,10-11,14-15,29H,7-8H2,1H3,(H2,25,26,27)/t14-,15-. The fourth-order valence-electron chi connectivity index (χ4n) is 3.83. The second-order valence-corrected chi connectivity index (χ2v) is 9.67. The van der Waals surface area contributed by atoms with Crippen molar-refractivity contribution >= 4 is 32.5 Å². The molecule has 0 saturated heterocycles. The van der Waals surface area contributed by atoms with E-state index < -0.39 is 10.0 Å². The lowest BCUT2D eigenvalue weighted by Gasteiger charge is -2.37. The number of carbonyl (C=O) groups excluding carboxylic acids is 1. The number of ketones is 1. The van der Waals surface area contributed by atoms with E-state index in [4.69, 9.17) is 9.68 Å². The van der Waals surface area contributed by atoms with Gasteiger partial charge >= 0.3 is 0 Å². The van der Waals surface area contributed by atoms with E-state index in [-0.39, 0.29) is 40.0 Å². The Labute approximate surface area is 194 Å². The predicted octanol–water partition coefficient (Wildman–Crippen LogP) is 2.61. The van der Waals surface area contributed by atoms with Gasteiger partial charge in [0.1, 0.15) is 17.6 Å². The normalized spacial score (nSPS) is 17.8. The molecule has 4 aromatic heterocycles. The van der Waals surface area contributed by atoms with Crippen LogP contribution in [0.5, 0.6) is 0 Å². The van der Waals surface area contributed by atoms with Crippen LogP contribution < -0.4 is 10.0 Å². The molecule has 0 amide bonds. The summed E-state index contributed by atoms with van der Waals surface area (Å²) >= 11 is 0. The number of Topliss-reactive ketones (excluding diaryl/α,β-unsaturated/α-hetero) is 1. The van der Waals surface area contributed by atoms with Gasteiger partial charge in [0.05, 0.1) is 22.9 Å². The van der Waals surface area contributed by atoms with Crippen LogP contribution >= 0.6 is 0 Å². The first kappa shape index (κ1) is 21.7. The van der Waals surface area contributed by atoms with E-state index in [2.05, 4.69) is 30.0 Å². The van der Waals surface area contributed by atoms with Crippen molar-refractivity contribution in [3.05, 3.63) is 54.3 Å². The third-order valence-corrected chi connectivity index (χ3v) is 7.05. The molecule has 5 rings (SSSR count). The van der Waals surface area contributed by atoms with Gasteiger partial charge < -0.3 is 14.7 Å². The Morgan fingerprint density at radius 2 is 2.09 bits per heavy atom. The highest BCUT2D eigenvalue weighted by Gasteiger charge is 2.34. The molecule has 0 unspecified atom stereocenters. The van der Waals surface area contributed by atoms with Crippen LogP contribution in [-0.2, 0) is 10.0 Å². The molecule has 1 aliphatic rings. The second-order valence-electron chi connectivity index (χ2n) is 8.01. The molecule has 0 aliphatic heterocycles. The first-order valence-electron chi connectivity index (χ1n) is 10.4. The lowest BCUT2D eigenvalue weighted by Crippen LogP contribution is -2.49. The zero-order valence-corrected chi connectivity index (χ0v) is 18.8. The van der Waals surface area contributed by atoms with Crippen LogP contribution in [0.4, 0.5) is 5.69 Å². The number of H-pyrrole nitrogens is 1. The number of aromatic amines is 1. The van der Waals surface area contributed by atoms with Crippen molar-refractivity contribution in [1.29, 1.82) is 5.26 Å². The molecule has 3 N–H and O–H groups in total. The molecule has 11 nitrogen and oxygen atoms in total. The molecule has 4 heterocycles. The molecule has 0 spiro atoms. The van der Waals surface area contributed by atoms with Crippen molar-refractivity contribution < 1.29 is 17.6 Å². The molecule has 4 aromatic rings. The fourth-order valence-corrected chi connectivity index (χ4v) is 5.06. The lowest BCUT2D eigenvalue weighted by molar-refractivity contribution is 0.101. The van der Waals surface area contributed by atoms with Crippen molar-refractivity contribution in [3.8, 4) is 17.5 Å². The maximum atomic E-state index is 12.6. The number of sulfonamides is 1. The van der Waals surface area contributed by atoms with Gasteiger partial charge in [0, 0.05) is 43.0 Å². The summed E-state index contributed by atoms with van der Waals surface area (Å²) in [5, 5.41) is 13.1. The summed E-state index contributed by atoms with van der Waals surface area (Å²) in [7, 11) is -3.84. The van der Waals surface area contributed by atoms with Crippen molar-refractivity contribution in [2.75, 3.05) is 5.32 Å². The Morgan fingerprint density at radius 1 is 1.26 bits per heavy atom. The van der Waals surface area contributed by atoms with Gasteiger partial charge in [-0.3, -0.25) is 4.79 Å². The zero-order valence-electron chi connectivity index (χ0n) is 17.9. The van der Waals surface area contributed by atoms with Gasteiger partial charge in [-0.15, -0.1) is 0 Å². The molecular weight excluding hydrogens is 458 g/mol. The fraction of sp³-hybridized carbons (Fsp3) is 0.227. The number of nitriles is 1. The number of aromatic nitrogens is 4. The molecule has 1 aliphatic carbocycles. The Hall–Kier alpha value is -4.08. The number of nitrogens with one attached hydrogen (secondary N) is 3. The average molecular weight is 478 g/mol. The number of nitrogens with zero attached hydrogens (tertiary/aromatic N) is 4. The zero-order chi connectivity index (χ0) is 23.9. The van der Waals surface area contributed by atoms with E-state index in [1.54, 1.807) is 12.4 Å². The highest BCUT2D eigenvalue weighted by molar-refractivity contribution is 7.89. The molecule has 0 atom stereocenters. The summed E-state index contributed by atoms with van der Waals surface area (Å²) in [5.41, 5.74) is 2.45. The highest BCUT2D eigenvalue weighted by atomic mass is 32.2. The van der Waals surface area contributed by atoms with Gasteiger partial charge in [-0.1, -0.05) is 0 Å². The number of carbonyl (C=O) groups is 1. The van der Waals surface area contributed by atoms with E-state index in [9.17, 15) is 13.2 Å². The van der Waals surface area contributed by atoms with Crippen LogP contribution in [0.15, 0.2) is 52.5 Å². The highest BCUT2D eigenvalue weighted by Crippen LogP contribution is 2.36. The van der Waals surface area contributed by atoms with Gasteiger partial charge in [-0.2, -0.15) is 5.26 Å². The molecule has 12 heteroatoms. The first-order chi connectivity index (χ1) is 16.3. The van der Waals surface area contributed by atoms with E-state index in [0.717, 1.165) is 11.1 Å². The van der Waals surface area contributed by atoms with Crippen molar-refractivity contribution in [3.63, 3.8) is 0 Å². The third kappa shape index (κ3) is 4.02. The van der Waals surface area contributed by atoms with Crippen molar-refractivity contribution in [2.24, 2.45) is 0 Å². The molecule has 0 aromatic carbocycles. The van der Waals surface area contributed by atoms with Gasteiger partial charge in [-0.25, -0.2) is 28.1 Å². The quantitative estimate of drug-likeness (QED) is 0.339. The van der Waals surface area contributed by atoms with Gasteiger partial charge in [0.15, 0.2) is 10.8 Å². The van der Waals surface area contributed by atoms with Crippen LogP contribution in [0.25, 0.3) is 22.5 Å². The molecular formula is C22H19N7O4S. The predicted molar refractivity (Wildman–Crippen MR) is 121 cm³/mol. The number of rotatable bonds is 7. The second kappa shape index (κ2) is 8.36. The Bertz CT molecular complexity index is 1540. The van der Waals surface area contributed by atoms with Gasteiger partial charge in [0.25, 0.3) is 10.0 Å².